The molecule has 0 bridgehead atoms. The molecule has 0 amide bonds. The van der Waals surface area contributed by atoms with Crippen molar-refractivity contribution < 1.29 is 17.2 Å². The molecule has 0 aliphatic rings. The molecular formula is C10H20N2O4S. The molecule has 17 heavy (non-hydrogen) atoms. The van der Waals surface area contributed by atoms with E-state index in [0.717, 1.165) is 0 Å². The van der Waals surface area contributed by atoms with Crippen molar-refractivity contribution >= 4 is 10.4 Å². The molecule has 6 nitrogen and oxygen atoms in total. The van der Waals surface area contributed by atoms with Crippen LogP contribution in [-0.2, 0) is 14.6 Å². The summed E-state index contributed by atoms with van der Waals surface area (Å²) in [4.78, 5) is 3.99. The monoisotopic (exact) mass is 264 g/mol. The fourth-order valence-electron chi connectivity index (χ4n) is 1.25. The zero-order valence-corrected chi connectivity index (χ0v) is 11.2. The van der Waals surface area contributed by atoms with Crippen LogP contribution in [0.15, 0.2) is 18.7 Å². The number of imidazole rings is 1. The molecule has 1 atom stereocenters. The van der Waals surface area contributed by atoms with E-state index in [0.29, 0.717) is 6.04 Å². The van der Waals surface area contributed by atoms with Gasteiger partial charge in [0.2, 0.25) is 0 Å². The van der Waals surface area contributed by atoms with Gasteiger partial charge in [-0.3, -0.25) is 4.55 Å². The van der Waals surface area contributed by atoms with Gasteiger partial charge in [-0.1, -0.05) is 13.3 Å². The summed E-state index contributed by atoms with van der Waals surface area (Å²) in [6.07, 6.45) is 8.18. The van der Waals surface area contributed by atoms with Crippen LogP contribution in [0.4, 0.5) is 0 Å². The van der Waals surface area contributed by atoms with Gasteiger partial charge in [0.1, 0.15) is 0 Å². The van der Waals surface area contributed by atoms with Gasteiger partial charge in [0.05, 0.1) is 12.9 Å². The molecule has 0 aromatic carbocycles. The third kappa shape index (κ3) is 8.84. The second-order valence-corrected chi connectivity index (χ2v) is 4.57. The Bertz CT molecular complexity index is 375. The van der Waals surface area contributed by atoms with Crippen molar-refractivity contribution in [2.45, 2.75) is 39.7 Å². The molecule has 1 aromatic rings. The predicted octanol–water partition coefficient (Wildman–Crippen LogP) is 2.07. The number of hydrogen-bond donors (Lipinski definition) is 1. The van der Waals surface area contributed by atoms with Crippen LogP contribution in [0.2, 0.25) is 0 Å². The quantitative estimate of drug-likeness (QED) is 0.823. The molecule has 100 valence electrons. The first-order valence-electron chi connectivity index (χ1n) is 5.50. The topological polar surface area (TPSA) is 81.4 Å². The highest BCUT2D eigenvalue weighted by Gasteiger charge is 1.99. The second kappa shape index (κ2) is 8.21. The van der Waals surface area contributed by atoms with Gasteiger partial charge >= 0.3 is 10.4 Å². The molecule has 1 aromatic heterocycles. The van der Waals surface area contributed by atoms with Crippen molar-refractivity contribution in [2.24, 2.45) is 0 Å². The van der Waals surface area contributed by atoms with E-state index in [1.165, 1.54) is 19.8 Å². The lowest BCUT2D eigenvalue weighted by atomic mass is 10.2. The zero-order chi connectivity index (χ0) is 13.3. The summed E-state index contributed by atoms with van der Waals surface area (Å²) < 4.78 is 32.8. The number of rotatable bonds is 5. The molecule has 7 heteroatoms. The molecule has 0 aliphatic carbocycles. The Morgan fingerprint density at radius 2 is 2.12 bits per heavy atom. The van der Waals surface area contributed by atoms with Crippen LogP contribution >= 0.6 is 0 Å². The normalized spacial score (nSPS) is 12.7. The summed E-state index contributed by atoms with van der Waals surface area (Å²) in [5, 5.41) is 0. The Kier molecular flexibility index (Phi) is 7.77. The maximum atomic E-state index is 9.56. The predicted molar refractivity (Wildman–Crippen MR) is 65.0 cm³/mol. The van der Waals surface area contributed by atoms with Crippen molar-refractivity contribution in [2.75, 3.05) is 6.61 Å². The minimum absolute atomic E-state index is 0.0289. The third-order valence-electron chi connectivity index (χ3n) is 2.01. The van der Waals surface area contributed by atoms with E-state index in [1.807, 2.05) is 18.7 Å². The van der Waals surface area contributed by atoms with E-state index in [2.05, 4.69) is 27.6 Å². The van der Waals surface area contributed by atoms with Crippen LogP contribution in [0.5, 0.6) is 0 Å². The summed E-state index contributed by atoms with van der Waals surface area (Å²) in [6.45, 7) is 5.85. The van der Waals surface area contributed by atoms with Crippen molar-refractivity contribution in [1.82, 2.24) is 9.55 Å². The highest BCUT2D eigenvalue weighted by molar-refractivity contribution is 7.80. The molecule has 1 unspecified atom stereocenters. The summed E-state index contributed by atoms with van der Waals surface area (Å²) in [5.41, 5.74) is 0. The van der Waals surface area contributed by atoms with Gasteiger partial charge < -0.3 is 4.57 Å². The van der Waals surface area contributed by atoms with Gasteiger partial charge in [-0.2, -0.15) is 8.42 Å². The van der Waals surface area contributed by atoms with Crippen LogP contribution in [0.25, 0.3) is 0 Å². The van der Waals surface area contributed by atoms with Crippen molar-refractivity contribution in [3.63, 3.8) is 0 Å². The average Bonchev–Trinajstić information content (AvgIpc) is 2.69. The Hall–Kier alpha value is -0.920. The van der Waals surface area contributed by atoms with Crippen LogP contribution < -0.4 is 0 Å². The molecule has 0 fully saturated rings. The highest BCUT2D eigenvalue weighted by atomic mass is 32.3. The lowest BCUT2D eigenvalue weighted by Crippen LogP contribution is -2.01. The standard InChI is InChI=1S/C8H14N2.C2H6O4S/c1-3-4-8(2)10-6-5-9-7-10;1-2-6-7(3,4)5/h5-8H,3-4H2,1-2H3;2H2,1H3,(H,3,4,5). The smallest absolute Gasteiger partial charge is 0.335 e. The lowest BCUT2D eigenvalue weighted by molar-refractivity contribution is 0.283. The molecule has 0 spiro atoms. The maximum Gasteiger partial charge on any atom is 0.397 e. The Morgan fingerprint density at radius 1 is 1.47 bits per heavy atom. The fraction of sp³-hybridized carbons (Fsp3) is 0.700. The van der Waals surface area contributed by atoms with Crippen molar-refractivity contribution in [1.29, 1.82) is 0 Å². The van der Waals surface area contributed by atoms with Gasteiger partial charge in [-0.05, 0) is 20.3 Å². The average molecular weight is 264 g/mol. The minimum Gasteiger partial charge on any atom is -0.335 e. The van der Waals surface area contributed by atoms with E-state index >= 15 is 0 Å². The largest absolute Gasteiger partial charge is 0.397 e. The summed E-state index contributed by atoms with van der Waals surface area (Å²) in [5.74, 6) is 0. The molecule has 0 saturated heterocycles. The van der Waals surface area contributed by atoms with Gasteiger partial charge in [-0.25, -0.2) is 9.17 Å². The molecule has 1 rings (SSSR count). The first kappa shape index (κ1) is 16.1. The van der Waals surface area contributed by atoms with Gasteiger partial charge in [0, 0.05) is 18.4 Å². The van der Waals surface area contributed by atoms with Gasteiger partial charge in [0.15, 0.2) is 0 Å². The first-order chi connectivity index (χ1) is 7.90. The highest BCUT2D eigenvalue weighted by Crippen LogP contribution is 2.10. The van der Waals surface area contributed by atoms with Crippen LogP contribution in [0, 0.1) is 0 Å². The zero-order valence-electron chi connectivity index (χ0n) is 10.4. The molecule has 0 radical (unpaired) electrons. The van der Waals surface area contributed by atoms with Crippen LogP contribution in [0.1, 0.15) is 39.7 Å². The molecule has 0 aliphatic heterocycles. The Balaban J connectivity index is 0.000000325. The molecule has 1 N–H and O–H groups in total. The van der Waals surface area contributed by atoms with Crippen molar-refractivity contribution in [3.05, 3.63) is 18.7 Å². The lowest BCUT2D eigenvalue weighted by Gasteiger charge is -2.10. The fourth-order valence-corrected chi connectivity index (χ4v) is 1.54. The summed E-state index contributed by atoms with van der Waals surface area (Å²) >= 11 is 0. The van der Waals surface area contributed by atoms with E-state index in [1.54, 1.807) is 0 Å². The third-order valence-corrected chi connectivity index (χ3v) is 2.54. The van der Waals surface area contributed by atoms with E-state index in [4.69, 9.17) is 4.55 Å². The molecule has 1 heterocycles. The van der Waals surface area contributed by atoms with E-state index in [-0.39, 0.29) is 6.61 Å². The molecule has 0 saturated carbocycles. The van der Waals surface area contributed by atoms with E-state index in [9.17, 15) is 8.42 Å². The molecular weight excluding hydrogens is 244 g/mol. The minimum atomic E-state index is -4.17. The maximum absolute atomic E-state index is 9.56. The number of aromatic nitrogens is 2. The number of hydrogen-bond acceptors (Lipinski definition) is 4. The SMILES string of the molecule is CCCC(C)n1ccnc1.CCOS(=O)(=O)O. The van der Waals surface area contributed by atoms with Crippen LogP contribution in [0.3, 0.4) is 0 Å². The van der Waals surface area contributed by atoms with Gasteiger partial charge in [0.25, 0.3) is 0 Å². The Morgan fingerprint density at radius 3 is 2.41 bits per heavy atom. The Labute approximate surface area is 103 Å². The van der Waals surface area contributed by atoms with E-state index < -0.39 is 10.4 Å². The second-order valence-electron chi connectivity index (χ2n) is 3.48. The van der Waals surface area contributed by atoms with Crippen LogP contribution in [-0.4, -0.2) is 29.1 Å². The van der Waals surface area contributed by atoms with Gasteiger partial charge in [-0.15, -0.1) is 0 Å². The summed E-state index contributed by atoms with van der Waals surface area (Å²) in [6, 6.07) is 0.604. The van der Waals surface area contributed by atoms with Crippen molar-refractivity contribution in [3.8, 4) is 0 Å². The first-order valence-corrected chi connectivity index (χ1v) is 6.86. The summed E-state index contributed by atoms with van der Waals surface area (Å²) in [7, 11) is -4.17. The number of nitrogens with zero attached hydrogens (tertiary/aromatic N) is 2.